The maximum Gasteiger partial charge on any atom is 0.334 e. The molecule has 0 aliphatic carbocycles. The monoisotopic (exact) mass is 262 g/mol. The molecule has 0 spiro atoms. The lowest BCUT2D eigenvalue weighted by atomic mass is 10.2. The number of hydrogen-bond acceptors (Lipinski definition) is 5. The Morgan fingerprint density at radius 2 is 2.22 bits per heavy atom. The molecular weight excluding hydrogens is 248 g/mol. The summed E-state index contributed by atoms with van der Waals surface area (Å²) in [4.78, 5) is 16.1. The van der Waals surface area contributed by atoms with Gasteiger partial charge in [-0.05, 0) is 19.1 Å². The van der Waals surface area contributed by atoms with Crippen molar-refractivity contribution < 1.29 is 9.53 Å². The molecule has 2 rings (SSSR count). The van der Waals surface area contributed by atoms with Crippen LogP contribution in [0.5, 0.6) is 0 Å². The number of benzene rings is 1. The number of para-hydroxylation sites is 1. The first-order valence-corrected chi connectivity index (χ1v) is 6.62. The van der Waals surface area contributed by atoms with Crippen LogP contribution in [0.3, 0.4) is 0 Å². The Bertz CT molecular complexity index is 485. The van der Waals surface area contributed by atoms with Crippen LogP contribution in [0.2, 0.25) is 0 Å². The topological polar surface area (TPSA) is 51.2 Å². The largest absolute Gasteiger partial charge is 0.464 e. The van der Waals surface area contributed by atoms with E-state index in [4.69, 9.17) is 4.74 Å². The lowest BCUT2D eigenvalue weighted by Gasteiger charge is -2.16. The van der Waals surface area contributed by atoms with Crippen LogP contribution in [0.25, 0.3) is 0 Å². The van der Waals surface area contributed by atoms with Crippen LogP contribution in [0.15, 0.2) is 41.2 Å². The van der Waals surface area contributed by atoms with Crippen molar-refractivity contribution in [3.05, 3.63) is 46.9 Å². The minimum absolute atomic E-state index is 0.313. The molecule has 1 unspecified atom stereocenters. The third kappa shape index (κ3) is 3.07. The minimum Gasteiger partial charge on any atom is -0.464 e. The number of carbonyl (C=O) groups excluding carboxylic acids is 1. The van der Waals surface area contributed by atoms with Gasteiger partial charge in [0.1, 0.15) is 0 Å². The molecule has 0 aliphatic rings. The molecular formula is C13H14N2O2S. The van der Waals surface area contributed by atoms with Crippen molar-refractivity contribution in [3.8, 4) is 0 Å². The van der Waals surface area contributed by atoms with Crippen LogP contribution in [-0.2, 0) is 9.53 Å². The summed E-state index contributed by atoms with van der Waals surface area (Å²) in [6, 6.07) is 8.99. The van der Waals surface area contributed by atoms with Crippen molar-refractivity contribution >= 4 is 23.0 Å². The van der Waals surface area contributed by atoms with Gasteiger partial charge in [0.15, 0.2) is 6.04 Å². The van der Waals surface area contributed by atoms with E-state index in [1.165, 1.54) is 11.3 Å². The predicted molar refractivity (Wildman–Crippen MR) is 71.6 cm³/mol. The molecule has 0 radical (unpaired) electrons. The van der Waals surface area contributed by atoms with Crippen LogP contribution in [0, 0.1) is 0 Å². The third-order valence-electron chi connectivity index (χ3n) is 2.35. The molecule has 0 saturated heterocycles. The molecule has 1 N–H and O–H groups in total. The Kier molecular flexibility index (Phi) is 4.30. The van der Waals surface area contributed by atoms with Crippen LogP contribution < -0.4 is 5.32 Å². The molecule has 2 aromatic rings. The summed E-state index contributed by atoms with van der Waals surface area (Å²) in [5.74, 6) is -0.313. The average Bonchev–Trinajstić information content (AvgIpc) is 2.91. The number of carbonyl (C=O) groups is 1. The standard InChI is InChI=1S/C13H14N2O2S/c1-2-17-13(16)12(11-8-18-9-14-11)15-10-6-4-3-5-7-10/h3-9,12,15H,2H2,1H3. The molecule has 4 nitrogen and oxygen atoms in total. The number of nitrogens with one attached hydrogen (secondary N) is 1. The molecule has 18 heavy (non-hydrogen) atoms. The fourth-order valence-electron chi connectivity index (χ4n) is 1.54. The molecule has 0 fully saturated rings. The first-order valence-electron chi connectivity index (χ1n) is 5.67. The summed E-state index contributed by atoms with van der Waals surface area (Å²) in [6.45, 7) is 2.15. The molecule has 0 saturated carbocycles. The Labute approximate surface area is 110 Å². The van der Waals surface area contributed by atoms with Gasteiger partial charge in [0, 0.05) is 11.1 Å². The maximum absolute atomic E-state index is 11.9. The first kappa shape index (κ1) is 12.6. The molecule has 1 aromatic carbocycles. The SMILES string of the molecule is CCOC(=O)C(Nc1ccccc1)c1cscn1. The highest BCUT2D eigenvalue weighted by Crippen LogP contribution is 2.20. The first-order chi connectivity index (χ1) is 8.81. The number of thiazole rings is 1. The molecule has 1 atom stereocenters. The van der Waals surface area contributed by atoms with Crippen LogP contribution >= 0.6 is 11.3 Å². The Morgan fingerprint density at radius 3 is 2.83 bits per heavy atom. The number of rotatable bonds is 5. The smallest absolute Gasteiger partial charge is 0.334 e. The quantitative estimate of drug-likeness (QED) is 0.842. The van der Waals surface area contributed by atoms with Crippen molar-refractivity contribution in [3.63, 3.8) is 0 Å². The van der Waals surface area contributed by atoms with Gasteiger partial charge >= 0.3 is 5.97 Å². The van der Waals surface area contributed by atoms with Gasteiger partial charge in [-0.2, -0.15) is 0 Å². The predicted octanol–water partition coefficient (Wildman–Crippen LogP) is 2.86. The van der Waals surface area contributed by atoms with E-state index >= 15 is 0 Å². The summed E-state index contributed by atoms with van der Waals surface area (Å²) < 4.78 is 5.06. The second-order valence-electron chi connectivity index (χ2n) is 3.61. The fourth-order valence-corrected chi connectivity index (χ4v) is 2.12. The van der Waals surface area contributed by atoms with E-state index < -0.39 is 6.04 Å². The van der Waals surface area contributed by atoms with Gasteiger partial charge < -0.3 is 10.1 Å². The molecule has 1 heterocycles. The molecule has 0 bridgehead atoms. The molecule has 0 amide bonds. The number of anilines is 1. The van der Waals surface area contributed by atoms with Gasteiger partial charge in [0.25, 0.3) is 0 Å². The van der Waals surface area contributed by atoms with Gasteiger partial charge in [-0.3, -0.25) is 0 Å². The van der Waals surface area contributed by atoms with Gasteiger partial charge in [-0.15, -0.1) is 11.3 Å². The molecule has 0 aliphatic heterocycles. The van der Waals surface area contributed by atoms with Crippen molar-refractivity contribution in [2.45, 2.75) is 13.0 Å². The lowest BCUT2D eigenvalue weighted by molar-refractivity contribution is -0.144. The van der Waals surface area contributed by atoms with Gasteiger partial charge in [0.05, 0.1) is 17.8 Å². The van der Waals surface area contributed by atoms with Crippen molar-refractivity contribution in [2.75, 3.05) is 11.9 Å². The summed E-state index contributed by atoms with van der Waals surface area (Å²) in [6.07, 6.45) is 0. The summed E-state index contributed by atoms with van der Waals surface area (Å²) in [7, 11) is 0. The van der Waals surface area contributed by atoms with Crippen LogP contribution in [0.4, 0.5) is 5.69 Å². The van der Waals surface area contributed by atoms with Crippen molar-refractivity contribution in [2.24, 2.45) is 0 Å². The Morgan fingerprint density at radius 1 is 1.44 bits per heavy atom. The van der Waals surface area contributed by atoms with E-state index in [-0.39, 0.29) is 5.97 Å². The van der Waals surface area contributed by atoms with E-state index in [2.05, 4.69) is 10.3 Å². The molecule has 94 valence electrons. The minimum atomic E-state index is -0.557. The summed E-state index contributed by atoms with van der Waals surface area (Å²) >= 11 is 1.46. The Balaban J connectivity index is 2.18. The van der Waals surface area contributed by atoms with E-state index in [0.29, 0.717) is 12.3 Å². The normalized spacial score (nSPS) is 11.8. The highest BCUT2D eigenvalue weighted by molar-refractivity contribution is 7.07. The second-order valence-corrected chi connectivity index (χ2v) is 4.33. The summed E-state index contributed by atoms with van der Waals surface area (Å²) in [5, 5.41) is 4.98. The van der Waals surface area contributed by atoms with E-state index in [9.17, 15) is 4.79 Å². The van der Waals surface area contributed by atoms with Crippen molar-refractivity contribution in [1.29, 1.82) is 0 Å². The second kappa shape index (κ2) is 6.16. The number of ether oxygens (including phenoxy) is 1. The number of hydrogen-bond donors (Lipinski definition) is 1. The lowest BCUT2D eigenvalue weighted by Crippen LogP contribution is -2.23. The molecule has 1 aromatic heterocycles. The highest BCUT2D eigenvalue weighted by Gasteiger charge is 2.23. The zero-order valence-electron chi connectivity index (χ0n) is 10.00. The average molecular weight is 262 g/mol. The zero-order valence-corrected chi connectivity index (χ0v) is 10.8. The zero-order chi connectivity index (χ0) is 12.8. The number of nitrogens with zero attached hydrogens (tertiary/aromatic N) is 1. The Hall–Kier alpha value is -1.88. The van der Waals surface area contributed by atoms with Gasteiger partial charge in [-0.1, -0.05) is 18.2 Å². The summed E-state index contributed by atoms with van der Waals surface area (Å²) in [5.41, 5.74) is 3.25. The maximum atomic E-state index is 11.9. The van der Waals surface area contributed by atoms with E-state index in [0.717, 1.165) is 5.69 Å². The van der Waals surface area contributed by atoms with Crippen molar-refractivity contribution in [1.82, 2.24) is 4.98 Å². The van der Waals surface area contributed by atoms with Gasteiger partial charge in [0.2, 0.25) is 0 Å². The number of aromatic nitrogens is 1. The van der Waals surface area contributed by atoms with E-state index in [1.807, 2.05) is 35.7 Å². The third-order valence-corrected chi connectivity index (χ3v) is 2.96. The molecule has 5 heteroatoms. The van der Waals surface area contributed by atoms with Crippen LogP contribution in [-0.4, -0.2) is 17.6 Å². The highest BCUT2D eigenvalue weighted by atomic mass is 32.1. The van der Waals surface area contributed by atoms with Gasteiger partial charge in [-0.25, -0.2) is 9.78 Å². The van der Waals surface area contributed by atoms with Crippen LogP contribution in [0.1, 0.15) is 18.7 Å². The number of esters is 1. The fraction of sp³-hybridized carbons (Fsp3) is 0.231. The van der Waals surface area contributed by atoms with E-state index in [1.54, 1.807) is 12.4 Å².